The molecule has 0 aliphatic heterocycles. The molecular formula is C13H24N6O2. The molecule has 0 fully saturated rings. The molecule has 1 rings (SSSR count). The summed E-state index contributed by atoms with van der Waals surface area (Å²) >= 11 is 0. The molecule has 0 bridgehead atoms. The van der Waals surface area contributed by atoms with Crippen LogP contribution in [0.25, 0.3) is 0 Å². The van der Waals surface area contributed by atoms with Crippen molar-refractivity contribution in [3.8, 4) is 0 Å². The number of nitrogen functional groups attached to an aromatic ring is 1. The number of hydrogen-bond donors (Lipinski definition) is 3. The number of nitrogens with two attached hydrogens (primary N) is 1. The van der Waals surface area contributed by atoms with E-state index in [0.29, 0.717) is 6.54 Å². The molecular weight excluding hydrogens is 272 g/mol. The van der Waals surface area contributed by atoms with E-state index >= 15 is 0 Å². The molecule has 0 saturated carbocycles. The SMILES string of the molecule is CC(C)CCCCCCNc1ncnc(NN)c1[N+](=O)[O-]. The molecule has 0 amide bonds. The van der Waals surface area contributed by atoms with E-state index in [9.17, 15) is 10.1 Å². The first-order valence-electron chi connectivity index (χ1n) is 7.26. The van der Waals surface area contributed by atoms with E-state index in [-0.39, 0.29) is 17.3 Å². The highest BCUT2D eigenvalue weighted by atomic mass is 16.6. The average Bonchev–Trinajstić information content (AvgIpc) is 2.45. The van der Waals surface area contributed by atoms with Crippen LogP contribution < -0.4 is 16.6 Å². The normalized spacial score (nSPS) is 10.7. The Bertz CT molecular complexity index is 452. The summed E-state index contributed by atoms with van der Waals surface area (Å²) in [6, 6.07) is 0. The lowest BCUT2D eigenvalue weighted by Gasteiger charge is -2.08. The van der Waals surface area contributed by atoms with Gasteiger partial charge in [0.1, 0.15) is 6.33 Å². The second kappa shape index (κ2) is 9.06. The molecule has 0 spiro atoms. The van der Waals surface area contributed by atoms with Crippen molar-refractivity contribution in [3.05, 3.63) is 16.4 Å². The van der Waals surface area contributed by atoms with Gasteiger partial charge >= 0.3 is 5.69 Å². The molecule has 118 valence electrons. The monoisotopic (exact) mass is 296 g/mol. The molecule has 0 aliphatic carbocycles. The first kappa shape index (κ1) is 17.1. The highest BCUT2D eigenvalue weighted by Crippen LogP contribution is 2.27. The summed E-state index contributed by atoms with van der Waals surface area (Å²) in [5, 5.41) is 14.0. The first-order valence-corrected chi connectivity index (χ1v) is 7.26. The Morgan fingerprint density at radius 3 is 2.52 bits per heavy atom. The summed E-state index contributed by atoms with van der Waals surface area (Å²) in [4.78, 5) is 18.1. The number of nitro groups is 1. The van der Waals surface area contributed by atoms with E-state index in [4.69, 9.17) is 5.84 Å². The van der Waals surface area contributed by atoms with Crippen LogP contribution in [0.2, 0.25) is 0 Å². The van der Waals surface area contributed by atoms with Gasteiger partial charge in [0.15, 0.2) is 0 Å². The van der Waals surface area contributed by atoms with Crippen molar-refractivity contribution in [1.82, 2.24) is 9.97 Å². The lowest BCUT2D eigenvalue weighted by atomic mass is 10.0. The highest BCUT2D eigenvalue weighted by Gasteiger charge is 2.21. The minimum atomic E-state index is -0.542. The standard InChI is InChI=1S/C13H24N6O2/c1-10(2)7-5-3-4-6-8-15-12-11(19(20)21)13(18-14)17-9-16-12/h9-10H,3-8,14H2,1-2H3,(H2,15,16,17,18). The number of aromatic nitrogens is 2. The van der Waals surface area contributed by atoms with Gasteiger partial charge in [0, 0.05) is 6.54 Å². The number of unbranched alkanes of at least 4 members (excludes halogenated alkanes) is 3. The fourth-order valence-electron chi connectivity index (χ4n) is 2.02. The van der Waals surface area contributed by atoms with Crippen molar-refractivity contribution in [3.63, 3.8) is 0 Å². The molecule has 0 atom stereocenters. The molecule has 8 heteroatoms. The second-order valence-electron chi connectivity index (χ2n) is 5.34. The third-order valence-corrected chi connectivity index (χ3v) is 3.14. The van der Waals surface area contributed by atoms with E-state index in [1.165, 1.54) is 25.6 Å². The van der Waals surface area contributed by atoms with E-state index in [1.807, 2.05) is 0 Å². The molecule has 1 aromatic heterocycles. The van der Waals surface area contributed by atoms with Gasteiger partial charge in [0.25, 0.3) is 0 Å². The zero-order chi connectivity index (χ0) is 15.7. The zero-order valence-corrected chi connectivity index (χ0v) is 12.6. The van der Waals surface area contributed by atoms with Gasteiger partial charge in [-0.15, -0.1) is 0 Å². The zero-order valence-electron chi connectivity index (χ0n) is 12.6. The summed E-state index contributed by atoms with van der Waals surface area (Å²) in [6.45, 7) is 5.08. The van der Waals surface area contributed by atoms with E-state index in [0.717, 1.165) is 18.8 Å². The first-order chi connectivity index (χ1) is 10.1. The summed E-state index contributed by atoms with van der Waals surface area (Å²) in [6.07, 6.45) is 6.95. The van der Waals surface area contributed by atoms with Crippen LogP contribution in [-0.2, 0) is 0 Å². The molecule has 1 aromatic rings. The maximum Gasteiger partial charge on any atom is 0.354 e. The molecule has 0 aliphatic rings. The van der Waals surface area contributed by atoms with Crippen molar-refractivity contribution >= 4 is 17.3 Å². The topological polar surface area (TPSA) is 119 Å². The lowest BCUT2D eigenvalue weighted by Crippen LogP contribution is -2.14. The largest absolute Gasteiger partial charge is 0.364 e. The molecule has 0 unspecified atom stereocenters. The highest BCUT2D eigenvalue weighted by molar-refractivity contribution is 5.68. The van der Waals surface area contributed by atoms with Crippen LogP contribution in [0.4, 0.5) is 17.3 Å². The Morgan fingerprint density at radius 2 is 1.90 bits per heavy atom. The van der Waals surface area contributed by atoms with E-state index < -0.39 is 4.92 Å². The van der Waals surface area contributed by atoms with Crippen molar-refractivity contribution in [1.29, 1.82) is 0 Å². The number of nitrogens with zero attached hydrogens (tertiary/aromatic N) is 3. The number of rotatable bonds is 10. The van der Waals surface area contributed by atoms with Crippen LogP contribution in [0.15, 0.2) is 6.33 Å². The second-order valence-corrected chi connectivity index (χ2v) is 5.34. The van der Waals surface area contributed by atoms with Crippen molar-refractivity contribution in [2.45, 2.75) is 46.0 Å². The van der Waals surface area contributed by atoms with Gasteiger partial charge in [-0.25, -0.2) is 15.8 Å². The maximum atomic E-state index is 11.0. The Hall–Kier alpha value is -1.96. The number of anilines is 2. The van der Waals surface area contributed by atoms with Gasteiger partial charge in [-0.05, 0) is 12.3 Å². The Morgan fingerprint density at radius 1 is 1.24 bits per heavy atom. The average molecular weight is 296 g/mol. The van der Waals surface area contributed by atoms with Crippen LogP contribution in [-0.4, -0.2) is 21.4 Å². The van der Waals surface area contributed by atoms with Crippen molar-refractivity contribution < 1.29 is 4.92 Å². The number of nitrogens with one attached hydrogen (secondary N) is 2. The third-order valence-electron chi connectivity index (χ3n) is 3.14. The molecule has 4 N–H and O–H groups in total. The van der Waals surface area contributed by atoms with Gasteiger partial charge in [0.05, 0.1) is 4.92 Å². The van der Waals surface area contributed by atoms with E-state index in [2.05, 4.69) is 34.6 Å². The molecule has 8 nitrogen and oxygen atoms in total. The summed E-state index contributed by atoms with van der Waals surface area (Å²) in [7, 11) is 0. The van der Waals surface area contributed by atoms with Gasteiger partial charge in [-0.1, -0.05) is 39.5 Å². The smallest absolute Gasteiger partial charge is 0.354 e. The predicted octanol–water partition coefficient (Wildman–Crippen LogP) is 2.69. The summed E-state index contributed by atoms with van der Waals surface area (Å²) in [5.74, 6) is 6.17. The van der Waals surface area contributed by atoms with Gasteiger partial charge in [0.2, 0.25) is 11.6 Å². The molecule has 1 heterocycles. The minimum absolute atomic E-state index is 0.00873. The van der Waals surface area contributed by atoms with Crippen LogP contribution in [0.3, 0.4) is 0 Å². The van der Waals surface area contributed by atoms with Crippen LogP contribution in [0.1, 0.15) is 46.0 Å². The molecule has 0 aromatic carbocycles. The van der Waals surface area contributed by atoms with Crippen molar-refractivity contribution in [2.75, 3.05) is 17.3 Å². The molecule has 21 heavy (non-hydrogen) atoms. The summed E-state index contributed by atoms with van der Waals surface area (Å²) < 4.78 is 0. The van der Waals surface area contributed by atoms with Gasteiger partial charge in [-0.3, -0.25) is 10.1 Å². The minimum Gasteiger partial charge on any atom is -0.364 e. The van der Waals surface area contributed by atoms with Crippen molar-refractivity contribution in [2.24, 2.45) is 11.8 Å². The molecule has 0 radical (unpaired) electrons. The summed E-state index contributed by atoms with van der Waals surface area (Å²) in [5.41, 5.74) is 1.99. The fourth-order valence-corrected chi connectivity index (χ4v) is 2.02. The van der Waals surface area contributed by atoms with Crippen LogP contribution >= 0.6 is 0 Å². The Balaban J connectivity index is 2.40. The number of hydrazine groups is 1. The fraction of sp³-hybridized carbons (Fsp3) is 0.692. The number of hydrogen-bond acceptors (Lipinski definition) is 7. The maximum absolute atomic E-state index is 11.0. The quantitative estimate of drug-likeness (QED) is 0.263. The van der Waals surface area contributed by atoms with Crippen LogP contribution in [0, 0.1) is 16.0 Å². The third kappa shape index (κ3) is 5.90. The van der Waals surface area contributed by atoms with Gasteiger partial charge in [-0.2, -0.15) is 0 Å². The van der Waals surface area contributed by atoms with E-state index in [1.54, 1.807) is 0 Å². The Kier molecular flexibility index (Phi) is 7.38. The van der Waals surface area contributed by atoms with Crippen LogP contribution in [0.5, 0.6) is 0 Å². The molecule has 0 saturated heterocycles. The lowest BCUT2D eigenvalue weighted by molar-refractivity contribution is -0.383. The van der Waals surface area contributed by atoms with Gasteiger partial charge < -0.3 is 10.7 Å². The Labute approximate surface area is 124 Å². The predicted molar refractivity (Wildman–Crippen MR) is 82.9 cm³/mol.